The molecule has 0 aromatic heterocycles. The van der Waals surface area contributed by atoms with Crippen LogP contribution in [0.25, 0.3) is 0 Å². The van der Waals surface area contributed by atoms with E-state index in [1.54, 1.807) is 0 Å². The minimum atomic E-state index is -0.501. The molecule has 1 amide bonds. The van der Waals surface area contributed by atoms with Crippen LogP contribution in [-0.2, 0) is 4.74 Å². The van der Waals surface area contributed by atoms with Crippen molar-refractivity contribution in [2.75, 3.05) is 19.7 Å². The van der Waals surface area contributed by atoms with Crippen LogP contribution in [0.3, 0.4) is 0 Å². The maximum atomic E-state index is 11.7. The first-order chi connectivity index (χ1) is 7.40. The number of carbonyl (C=O) groups excluding carboxylic acids is 1. The summed E-state index contributed by atoms with van der Waals surface area (Å²) < 4.78 is 5.23. The molecule has 0 aliphatic carbocycles. The van der Waals surface area contributed by atoms with Gasteiger partial charge in [0.15, 0.2) is 0 Å². The zero-order chi connectivity index (χ0) is 12.6. The smallest absolute Gasteiger partial charge is 0.410 e. The van der Waals surface area contributed by atoms with Crippen molar-refractivity contribution in [3.63, 3.8) is 0 Å². The molecule has 0 bridgehead atoms. The van der Waals surface area contributed by atoms with Crippen molar-refractivity contribution >= 4 is 6.09 Å². The van der Waals surface area contributed by atoms with Crippen molar-refractivity contribution in [3.05, 3.63) is 12.2 Å². The number of rotatable bonds is 5. The number of allylic oxidation sites excluding steroid dienone is 1. The molecule has 0 saturated carbocycles. The molecule has 0 heterocycles. The molecule has 0 aromatic carbocycles. The summed E-state index contributed by atoms with van der Waals surface area (Å²) in [5.41, 5.74) is -0.501. The lowest BCUT2D eigenvalue weighted by Crippen LogP contribution is -2.38. The Balaban J connectivity index is 4.29. The molecule has 0 rings (SSSR count). The van der Waals surface area contributed by atoms with Crippen LogP contribution in [0.4, 0.5) is 4.79 Å². The fourth-order valence-electron chi connectivity index (χ4n) is 1.07. The molecular formula is C12H23NO3. The monoisotopic (exact) mass is 229 g/mol. The van der Waals surface area contributed by atoms with Crippen LogP contribution in [0.15, 0.2) is 12.2 Å². The van der Waals surface area contributed by atoms with E-state index in [4.69, 9.17) is 9.84 Å². The van der Waals surface area contributed by atoms with Crippen molar-refractivity contribution in [3.8, 4) is 0 Å². The molecule has 0 unspecified atom stereocenters. The summed E-state index contributed by atoms with van der Waals surface area (Å²) in [6.07, 6.45) is 4.43. The van der Waals surface area contributed by atoms with Gasteiger partial charge in [-0.05, 0) is 27.2 Å². The van der Waals surface area contributed by atoms with E-state index in [0.717, 1.165) is 6.42 Å². The predicted molar refractivity (Wildman–Crippen MR) is 64.3 cm³/mol. The number of nitrogens with zero attached hydrogens (tertiary/aromatic N) is 1. The van der Waals surface area contributed by atoms with Crippen LogP contribution in [0.5, 0.6) is 0 Å². The molecule has 0 atom stereocenters. The van der Waals surface area contributed by atoms with E-state index < -0.39 is 5.60 Å². The minimum absolute atomic E-state index is 0.0563. The number of hydrogen-bond donors (Lipinski definition) is 1. The van der Waals surface area contributed by atoms with Gasteiger partial charge < -0.3 is 14.7 Å². The van der Waals surface area contributed by atoms with E-state index in [-0.39, 0.29) is 12.7 Å². The van der Waals surface area contributed by atoms with Crippen LogP contribution < -0.4 is 0 Å². The van der Waals surface area contributed by atoms with Gasteiger partial charge in [-0.1, -0.05) is 19.1 Å². The van der Waals surface area contributed by atoms with Crippen LogP contribution in [-0.4, -0.2) is 41.4 Å². The third-order valence-corrected chi connectivity index (χ3v) is 1.75. The fourth-order valence-corrected chi connectivity index (χ4v) is 1.07. The molecule has 16 heavy (non-hydrogen) atoms. The standard InChI is InChI=1S/C12H23NO3/c1-5-6-7-8-13(9-10-14)11(15)16-12(2,3)4/h6-7,14H,5,8-10H2,1-4H3/b7-6+. The number of amides is 1. The zero-order valence-electron chi connectivity index (χ0n) is 10.7. The molecule has 0 radical (unpaired) electrons. The number of ether oxygens (including phenoxy) is 1. The van der Waals surface area contributed by atoms with Gasteiger partial charge in [0, 0.05) is 13.1 Å². The number of aliphatic hydroxyl groups is 1. The Morgan fingerprint density at radius 3 is 2.44 bits per heavy atom. The van der Waals surface area contributed by atoms with Crippen LogP contribution >= 0.6 is 0 Å². The Labute approximate surface area is 97.9 Å². The van der Waals surface area contributed by atoms with Crippen molar-refractivity contribution in [1.82, 2.24) is 4.90 Å². The Morgan fingerprint density at radius 1 is 1.38 bits per heavy atom. The number of hydrogen-bond acceptors (Lipinski definition) is 3. The lowest BCUT2D eigenvalue weighted by molar-refractivity contribution is 0.0242. The first kappa shape index (κ1) is 15.0. The number of carbonyl (C=O) groups is 1. The second-order valence-electron chi connectivity index (χ2n) is 4.53. The van der Waals surface area contributed by atoms with E-state index in [9.17, 15) is 4.79 Å². The first-order valence-corrected chi connectivity index (χ1v) is 5.64. The summed E-state index contributed by atoms with van der Waals surface area (Å²) in [6, 6.07) is 0. The highest BCUT2D eigenvalue weighted by molar-refractivity contribution is 5.68. The third kappa shape index (κ3) is 7.29. The summed E-state index contributed by atoms with van der Waals surface area (Å²) >= 11 is 0. The predicted octanol–water partition coefficient (Wildman–Crippen LogP) is 2.18. The molecule has 0 aromatic rings. The molecule has 0 fully saturated rings. The van der Waals surface area contributed by atoms with Gasteiger partial charge in [0.05, 0.1) is 6.61 Å². The normalized spacial score (nSPS) is 11.8. The van der Waals surface area contributed by atoms with Gasteiger partial charge in [-0.2, -0.15) is 0 Å². The van der Waals surface area contributed by atoms with Crippen LogP contribution in [0.1, 0.15) is 34.1 Å². The summed E-state index contributed by atoms with van der Waals surface area (Å²) in [6.45, 7) is 8.21. The van der Waals surface area contributed by atoms with E-state index in [1.165, 1.54) is 4.90 Å². The molecule has 1 N–H and O–H groups in total. The molecule has 94 valence electrons. The number of aliphatic hydroxyl groups excluding tert-OH is 1. The highest BCUT2D eigenvalue weighted by atomic mass is 16.6. The molecule has 0 saturated heterocycles. The van der Waals surface area contributed by atoms with Gasteiger partial charge in [-0.15, -0.1) is 0 Å². The van der Waals surface area contributed by atoms with Gasteiger partial charge in [-0.3, -0.25) is 0 Å². The SMILES string of the molecule is CC/C=C/CN(CCO)C(=O)OC(C)(C)C. The van der Waals surface area contributed by atoms with E-state index >= 15 is 0 Å². The van der Waals surface area contributed by atoms with Gasteiger partial charge in [0.2, 0.25) is 0 Å². The lowest BCUT2D eigenvalue weighted by atomic mass is 10.2. The average molecular weight is 229 g/mol. The Bertz CT molecular complexity index is 231. The Morgan fingerprint density at radius 2 is 2.00 bits per heavy atom. The fraction of sp³-hybridized carbons (Fsp3) is 0.750. The summed E-state index contributed by atoms with van der Waals surface area (Å²) in [4.78, 5) is 13.2. The Kier molecular flexibility index (Phi) is 6.81. The van der Waals surface area contributed by atoms with Crippen molar-refractivity contribution < 1.29 is 14.6 Å². The third-order valence-electron chi connectivity index (χ3n) is 1.75. The molecule has 4 nitrogen and oxygen atoms in total. The molecule has 0 spiro atoms. The van der Waals surface area contributed by atoms with Crippen molar-refractivity contribution in [2.45, 2.75) is 39.7 Å². The van der Waals surface area contributed by atoms with Gasteiger partial charge in [-0.25, -0.2) is 4.79 Å². The summed E-state index contributed by atoms with van der Waals surface area (Å²) in [5, 5.41) is 8.87. The molecule has 4 heteroatoms. The van der Waals surface area contributed by atoms with E-state index in [0.29, 0.717) is 13.1 Å². The quantitative estimate of drug-likeness (QED) is 0.735. The minimum Gasteiger partial charge on any atom is -0.444 e. The molecule has 0 aliphatic rings. The maximum absolute atomic E-state index is 11.7. The maximum Gasteiger partial charge on any atom is 0.410 e. The molecule has 0 aliphatic heterocycles. The highest BCUT2D eigenvalue weighted by Gasteiger charge is 2.20. The van der Waals surface area contributed by atoms with Crippen LogP contribution in [0.2, 0.25) is 0 Å². The van der Waals surface area contributed by atoms with Crippen molar-refractivity contribution in [1.29, 1.82) is 0 Å². The lowest BCUT2D eigenvalue weighted by Gasteiger charge is -2.26. The second kappa shape index (κ2) is 7.28. The average Bonchev–Trinajstić information content (AvgIpc) is 2.14. The molecular weight excluding hydrogens is 206 g/mol. The summed E-state index contributed by atoms with van der Waals surface area (Å²) in [5.74, 6) is 0. The summed E-state index contributed by atoms with van der Waals surface area (Å²) in [7, 11) is 0. The Hall–Kier alpha value is -1.03. The largest absolute Gasteiger partial charge is 0.444 e. The first-order valence-electron chi connectivity index (χ1n) is 5.64. The van der Waals surface area contributed by atoms with Gasteiger partial charge in [0.1, 0.15) is 5.60 Å². The van der Waals surface area contributed by atoms with E-state index in [1.807, 2.05) is 39.8 Å². The highest BCUT2D eigenvalue weighted by Crippen LogP contribution is 2.09. The zero-order valence-corrected chi connectivity index (χ0v) is 10.7. The topological polar surface area (TPSA) is 49.8 Å². The van der Waals surface area contributed by atoms with Crippen molar-refractivity contribution in [2.24, 2.45) is 0 Å². The second-order valence-corrected chi connectivity index (χ2v) is 4.53. The van der Waals surface area contributed by atoms with Crippen LogP contribution in [0, 0.1) is 0 Å². The van der Waals surface area contributed by atoms with E-state index in [2.05, 4.69) is 0 Å². The van der Waals surface area contributed by atoms with Gasteiger partial charge in [0.25, 0.3) is 0 Å². The van der Waals surface area contributed by atoms with Gasteiger partial charge >= 0.3 is 6.09 Å².